The maximum Gasteiger partial charge on any atom is 0.410 e. The number of carbonyl (C=O) groups excluding carboxylic acids is 1. The van der Waals surface area contributed by atoms with Crippen molar-refractivity contribution in [3.05, 3.63) is 35.9 Å². The Morgan fingerprint density at radius 2 is 1.89 bits per heavy atom. The lowest BCUT2D eigenvalue weighted by molar-refractivity contribution is 0.0152. The molecule has 3 rings (SSSR count). The topological polar surface area (TPSA) is 49.9 Å². The quantitative estimate of drug-likeness (QED) is 0.726. The zero-order valence-electron chi connectivity index (χ0n) is 17.3. The summed E-state index contributed by atoms with van der Waals surface area (Å²) in [5, 5.41) is -0.194. The van der Waals surface area contributed by atoms with Gasteiger partial charge >= 0.3 is 6.09 Å². The van der Waals surface area contributed by atoms with Crippen LogP contribution in [-0.2, 0) is 15.8 Å². The largest absolute Gasteiger partial charge is 0.444 e. The van der Waals surface area contributed by atoms with Gasteiger partial charge in [-0.05, 0) is 46.1 Å². The van der Waals surface area contributed by atoms with Crippen LogP contribution in [0.2, 0.25) is 0 Å². The Bertz CT molecular complexity index is 725. The smallest absolute Gasteiger partial charge is 0.410 e. The van der Waals surface area contributed by atoms with Gasteiger partial charge in [-0.15, -0.1) is 0 Å². The molecule has 0 radical (unpaired) electrons. The molecule has 2 fully saturated rings. The Balaban J connectivity index is 1.76. The van der Waals surface area contributed by atoms with Crippen molar-refractivity contribution in [2.45, 2.75) is 44.5 Å². The minimum atomic E-state index is -2.33. The van der Waals surface area contributed by atoms with Crippen LogP contribution < -0.4 is 0 Å². The lowest BCUT2D eigenvalue weighted by atomic mass is 9.87. The fourth-order valence-electron chi connectivity index (χ4n) is 4.59. The summed E-state index contributed by atoms with van der Waals surface area (Å²) < 4.78 is 18.9. The molecule has 5 nitrogen and oxygen atoms in total. The van der Waals surface area contributed by atoms with E-state index in [2.05, 4.69) is 29.2 Å². The van der Waals surface area contributed by atoms with Gasteiger partial charge in [0.05, 0.1) is 7.14 Å². The van der Waals surface area contributed by atoms with Crippen molar-refractivity contribution < 1.29 is 14.1 Å². The highest BCUT2D eigenvalue weighted by molar-refractivity contribution is 7.64. The fraction of sp³-hybridized carbons (Fsp3) is 0.667. The molecule has 0 aliphatic carbocycles. The molecule has 2 saturated heterocycles. The number of fused-ring (bicyclic) bond motifs is 1. The summed E-state index contributed by atoms with van der Waals surface area (Å²) in [6, 6.07) is 10.4. The van der Waals surface area contributed by atoms with Gasteiger partial charge in [-0.25, -0.2) is 4.79 Å². The van der Waals surface area contributed by atoms with E-state index >= 15 is 0 Å². The van der Waals surface area contributed by atoms with Gasteiger partial charge in [0.15, 0.2) is 0 Å². The van der Waals surface area contributed by atoms with Gasteiger partial charge in [-0.2, -0.15) is 0 Å². The van der Waals surface area contributed by atoms with Crippen LogP contribution in [0.25, 0.3) is 0 Å². The number of ether oxygens (including phenoxy) is 1. The summed E-state index contributed by atoms with van der Waals surface area (Å²) in [5.41, 5.74) is 0.781. The number of carbonyl (C=O) groups is 1. The summed E-state index contributed by atoms with van der Waals surface area (Å²) in [5.74, 6) is 0.225. The lowest BCUT2D eigenvalue weighted by Gasteiger charge is -2.45. The van der Waals surface area contributed by atoms with Crippen molar-refractivity contribution >= 4 is 13.2 Å². The first kappa shape index (κ1) is 20.4. The number of hydrogen-bond donors (Lipinski definition) is 0. The van der Waals surface area contributed by atoms with Gasteiger partial charge in [-0.3, -0.25) is 4.90 Å². The van der Waals surface area contributed by atoms with E-state index in [1.165, 1.54) is 5.56 Å². The van der Waals surface area contributed by atoms with Gasteiger partial charge in [0.1, 0.15) is 5.60 Å². The number of benzene rings is 1. The third-order valence-corrected chi connectivity index (χ3v) is 8.84. The molecule has 2 aliphatic rings. The van der Waals surface area contributed by atoms with Crippen molar-refractivity contribution in [1.29, 1.82) is 0 Å². The van der Waals surface area contributed by atoms with Crippen LogP contribution in [0.1, 0.15) is 32.8 Å². The third-order valence-electron chi connectivity index (χ3n) is 5.96. The van der Waals surface area contributed by atoms with Gasteiger partial charge in [0.25, 0.3) is 0 Å². The second-order valence-electron chi connectivity index (χ2n) is 9.48. The Labute approximate surface area is 163 Å². The van der Waals surface area contributed by atoms with Crippen molar-refractivity contribution in [3.63, 3.8) is 0 Å². The molecule has 1 unspecified atom stereocenters. The summed E-state index contributed by atoms with van der Waals surface area (Å²) in [4.78, 5) is 16.8. The molecule has 6 heteroatoms. The molecule has 2 aliphatic heterocycles. The minimum absolute atomic E-state index is 0.194. The van der Waals surface area contributed by atoms with Crippen molar-refractivity contribution in [3.8, 4) is 0 Å². The summed E-state index contributed by atoms with van der Waals surface area (Å²) in [6.07, 6.45) is 0.534. The first-order chi connectivity index (χ1) is 12.5. The van der Waals surface area contributed by atoms with Crippen molar-refractivity contribution in [1.82, 2.24) is 9.80 Å². The molecule has 2 atom stereocenters. The molecule has 150 valence electrons. The number of piperidine rings is 1. The van der Waals surface area contributed by atoms with Gasteiger partial charge in [-0.1, -0.05) is 30.3 Å². The lowest BCUT2D eigenvalue weighted by Crippen LogP contribution is -2.53. The molecular formula is C21H33N2O3P. The van der Waals surface area contributed by atoms with Crippen LogP contribution in [0.4, 0.5) is 4.79 Å². The molecule has 0 spiro atoms. The minimum Gasteiger partial charge on any atom is -0.444 e. The number of likely N-dealkylation sites (tertiary alicyclic amines) is 2. The SMILES string of the molecule is CC(C)(C)OC(=O)N1CC[C@@]2(P(C)(C)=O)CN(Cc3ccccc3)CC2C1. The maximum absolute atomic E-state index is 13.3. The number of nitrogens with zero attached hydrogens (tertiary/aromatic N) is 2. The van der Waals surface area contributed by atoms with E-state index in [-0.39, 0.29) is 17.2 Å². The highest BCUT2D eigenvalue weighted by Gasteiger charge is 2.56. The van der Waals surface area contributed by atoms with E-state index in [0.717, 1.165) is 26.1 Å². The van der Waals surface area contributed by atoms with Crippen LogP contribution in [0.3, 0.4) is 0 Å². The van der Waals surface area contributed by atoms with Gasteiger partial charge in [0, 0.05) is 43.8 Å². The first-order valence-electron chi connectivity index (χ1n) is 9.79. The molecule has 1 amide bonds. The van der Waals surface area contributed by atoms with Crippen LogP contribution in [-0.4, -0.2) is 66.2 Å². The summed E-state index contributed by atoms with van der Waals surface area (Å²) in [6.45, 7) is 13.4. The number of rotatable bonds is 3. The molecule has 2 heterocycles. The number of amides is 1. The van der Waals surface area contributed by atoms with E-state index in [1.807, 2.05) is 45.1 Å². The normalized spacial score (nSPS) is 26.7. The average molecular weight is 392 g/mol. The van der Waals surface area contributed by atoms with E-state index in [9.17, 15) is 9.36 Å². The Morgan fingerprint density at radius 3 is 2.48 bits per heavy atom. The molecule has 1 aromatic rings. The zero-order chi connectivity index (χ0) is 19.9. The first-order valence-corrected chi connectivity index (χ1v) is 12.4. The molecule has 1 aromatic carbocycles. The van der Waals surface area contributed by atoms with Crippen LogP contribution in [0.5, 0.6) is 0 Å². The van der Waals surface area contributed by atoms with Gasteiger partial charge in [0.2, 0.25) is 0 Å². The van der Waals surface area contributed by atoms with Gasteiger partial charge < -0.3 is 14.2 Å². The predicted molar refractivity (Wildman–Crippen MR) is 110 cm³/mol. The summed E-state index contributed by atoms with van der Waals surface area (Å²) >= 11 is 0. The Kier molecular flexibility index (Phi) is 5.48. The molecular weight excluding hydrogens is 359 g/mol. The highest BCUT2D eigenvalue weighted by atomic mass is 31.2. The number of hydrogen-bond acceptors (Lipinski definition) is 4. The average Bonchev–Trinajstić information content (AvgIpc) is 2.92. The molecule has 27 heavy (non-hydrogen) atoms. The van der Waals surface area contributed by atoms with E-state index in [0.29, 0.717) is 13.1 Å². The fourth-order valence-corrected chi connectivity index (χ4v) is 6.81. The molecule has 0 aromatic heterocycles. The Hall–Kier alpha value is -1.32. The zero-order valence-corrected chi connectivity index (χ0v) is 18.2. The molecule has 0 saturated carbocycles. The third kappa shape index (κ3) is 4.41. The predicted octanol–water partition coefficient (Wildman–Crippen LogP) is 4.12. The maximum atomic E-state index is 13.3. The molecule has 0 bridgehead atoms. The van der Waals surface area contributed by atoms with E-state index in [1.54, 1.807) is 0 Å². The van der Waals surface area contributed by atoms with Crippen molar-refractivity contribution in [2.24, 2.45) is 5.92 Å². The Morgan fingerprint density at radius 1 is 1.22 bits per heavy atom. The van der Waals surface area contributed by atoms with Crippen molar-refractivity contribution in [2.75, 3.05) is 39.5 Å². The van der Waals surface area contributed by atoms with E-state index < -0.39 is 12.7 Å². The monoisotopic (exact) mass is 392 g/mol. The van der Waals surface area contributed by atoms with Crippen LogP contribution in [0.15, 0.2) is 30.3 Å². The highest BCUT2D eigenvalue weighted by Crippen LogP contribution is 2.61. The molecule has 0 N–H and O–H groups in total. The van der Waals surface area contributed by atoms with Crippen LogP contribution in [0, 0.1) is 5.92 Å². The van der Waals surface area contributed by atoms with E-state index in [4.69, 9.17) is 4.74 Å². The van der Waals surface area contributed by atoms with Crippen LogP contribution >= 0.6 is 7.14 Å². The standard InChI is InChI=1S/C21H33N2O3P/c1-20(2,3)26-19(24)23-12-11-21(27(4,5)25)16-22(14-18(21)15-23)13-17-9-7-6-8-10-17/h6-10,18H,11-16H2,1-5H3/t18?,21-/m1/s1. The summed E-state index contributed by atoms with van der Waals surface area (Å²) in [7, 11) is -2.33. The second kappa shape index (κ2) is 7.25. The second-order valence-corrected chi connectivity index (χ2v) is 13.1.